The summed E-state index contributed by atoms with van der Waals surface area (Å²) in [6.07, 6.45) is 0.228. The van der Waals surface area contributed by atoms with E-state index < -0.39 is 12.3 Å². The molecule has 3 aromatic carbocycles. The quantitative estimate of drug-likeness (QED) is 0.279. The molecule has 0 saturated carbocycles. The largest absolute Gasteiger partial charge is 0.375 e. The molecule has 0 heterocycles. The van der Waals surface area contributed by atoms with Crippen LogP contribution < -0.4 is 5.73 Å². The van der Waals surface area contributed by atoms with E-state index in [2.05, 4.69) is 24.3 Å². The van der Waals surface area contributed by atoms with Gasteiger partial charge in [0.15, 0.2) is 6.29 Å². The summed E-state index contributed by atoms with van der Waals surface area (Å²) in [4.78, 5) is 15.3. The van der Waals surface area contributed by atoms with Crippen molar-refractivity contribution in [2.45, 2.75) is 45.1 Å². The third kappa shape index (κ3) is 9.41. The minimum atomic E-state index is -0.778. The van der Waals surface area contributed by atoms with E-state index in [9.17, 15) is 4.79 Å². The van der Waals surface area contributed by atoms with Gasteiger partial charge in [-0.25, -0.2) is 0 Å². The predicted molar refractivity (Wildman–Crippen MR) is 147 cm³/mol. The Balaban J connectivity index is 1.72. The van der Waals surface area contributed by atoms with Crippen LogP contribution in [0.1, 0.15) is 42.9 Å². The van der Waals surface area contributed by atoms with Crippen LogP contribution in [0.4, 0.5) is 0 Å². The summed E-state index contributed by atoms with van der Waals surface area (Å²) in [6, 6.07) is 29.9. The van der Waals surface area contributed by atoms with Crippen molar-refractivity contribution in [3.63, 3.8) is 0 Å². The van der Waals surface area contributed by atoms with E-state index in [1.807, 2.05) is 80.6 Å². The van der Waals surface area contributed by atoms with Crippen molar-refractivity contribution in [3.8, 4) is 0 Å². The van der Waals surface area contributed by atoms with Crippen LogP contribution in [0.5, 0.6) is 0 Å². The second-order valence-electron chi connectivity index (χ2n) is 8.89. The molecule has 0 bridgehead atoms. The van der Waals surface area contributed by atoms with Crippen molar-refractivity contribution in [1.82, 2.24) is 4.90 Å². The Labute approximate surface area is 221 Å². The smallest absolute Gasteiger partial charge is 0.242 e. The van der Waals surface area contributed by atoms with Gasteiger partial charge in [-0.1, -0.05) is 91.0 Å². The number of carbonyl (C=O) groups excluding carboxylic acids is 1. The average molecular weight is 505 g/mol. The van der Waals surface area contributed by atoms with Gasteiger partial charge < -0.3 is 24.8 Å². The molecule has 0 radical (unpaired) electrons. The summed E-state index contributed by atoms with van der Waals surface area (Å²) in [5.74, 6) is -0.0294. The molecule has 6 nitrogen and oxygen atoms in total. The summed E-state index contributed by atoms with van der Waals surface area (Å²) in [5.41, 5.74) is 9.80. The number of ether oxygens (including phenoxy) is 3. The fourth-order valence-electron chi connectivity index (χ4n) is 4.36. The molecule has 0 spiro atoms. The second-order valence-corrected chi connectivity index (χ2v) is 8.89. The lowest BCUT2D eigenvalue weighted by Crippen LogP contribution is -2.50. The van der Waals surface area contributed by atoms with Crippen LogP contribution in [-0.4, -0.2) is 56.0 Å². The second kappa shape index (κ2) is 15.9. The number of nitrogens with two attached hydrogens (primary N) is 1. The molecule has 198 valence electrons. The third-order valence-electron chi connectivity index (χ3n) is 6.20. The SMILES string of the molecule is CCOC(CN(CCC(c1ccccc1)c1ccccc1)C(=O)[C@@H](N)COCc1ccccc1)OCC. The van der Waals surface area contributed by atoms with Crippen molar-refractivity contribution < 1.29 is 19.0 Å². The van der Waals surface area contributed by atoms with Crippen molar-refractivity contribution in [2.24, 2.45) is 5.73 Å². The van der Waals surface area contributed by atoms with Crippen molar-refractivity contribution in [3.05, 3.63) is 108 Å². The zero-order chi connectivity index (χ0) is 26.3. The van der Waals surface area contributed by atoms with Crippen LogP contribution in [0.2, 0.25) is 0 Å². The Hall–Kier alpha value is -3.03. The topological polar surface area (TPSA) is 74.0 Å². The number of amides is 1. The molecule has 0 fully saturated rings. The van der Waals surface area contributed by atoms with Crippen LogP contribution in [-0.2, 0) is 25.6 Å². The number of nitrogens with zero attached hydrogens (tertiary/aromatic N) is 1. The zero-order valence-corrected chi connectivity index (χ0v) is 22.0. The van der Waals surface area contributed by atoms with Crippen LogP contribution in [0, 0.1) is 0 Å². The highest BCUT2D eigenvalue weighted by Gasteiger charge is 2.26. The Bertz CT molecular complexity index is 972. The van der Waals surface area contributed by atoms with Gasteiger partial charge in [0.05, 0.1) is 19.8 Å². The molecule has 0 saturated heterocycles. The summed E-state index contributed by atoms with van der Waals surface area (Å²) in [5, 5.41) is 0. The number of hydrogen-bond acceptors (Lipinski definition) is 5. The maximum atomic E-state index is 13.5. The standard InChI is InChI=1S/C31H40N2O4/c1-3-36-30(37-4-2)22-33(31(34)29(32)24-35-23-25-14-8-5-9-15-25)21-20-28(26-16-10-6-11-17-26)27-18-12-7-13-19-27/h5-19,28-30H,3-4,20-24,32H2,1-2H3/t29-/m0/s1. The third-order valence-corrected chi connectivity index (χ3v) is 6.20. The van der Waals surface area contributed by atoms with Gasteiger partial charge >= 0.3 is 0 Å². The molecular weight excluding hydrogens is 464 g/mol. The van der Waals surface area contributed by atoms with E-state index in [0.29, 0.717) is 32.9 Å². The molecule has 37 heavy (non-hydrogen) atoms. The Morgan fingerprint density at radius 1 is 0.811 bits per heavy atom. The molecule has 1 atom stereocenters. The van der Waals surface area contributed by atoms with Crippen LogP contribution in [0.25, 0.3) is 0 Å². The number of benzene rings is 3. The molecule has 0 aliphatic carbocycles. The predicted octanol–water partition coefficient (Wildman–Crippen LogP) is 4.98. The normalized spacial score (nSPS) is 12.1. The van der Waals surface area contributed by atoms with Gasteiger partial charge in [0.25, 0.3) is 0 Å². The highest BCUT2D eigenvalue weighted by atomic mass is 16.7. The first-order chi connectivity index (χ1) is 18.1. The minimum absolute atomic E-state index is 0.138. The van der Waals surface area contributed by atoms with E-state index in [1.54, 1.807) is 4.90 Å². The first kappa shape index (κ1) is 28.5. The Morgan fingerprint density at radius 2 is 1.32 bits per heavy atom. The molecule has 0 aromatic heterocycles. The van der Waals surface area contributed by atoms with Gasteiger partial charge in [0.1, 0.15) is 6.04 Å². The molecule has 0 aliphatic rings. The minimum Gasteiger partial charge on any atom is -0.375 e. The van der Waals surface area contributed by atoms with Gasteiger partial charge in [-0.2, -0.15) is 0 Å². The fourth-order valence-corrected chi connectivity index (χ4v) is 4.36. The molecule has 0 aliphatic heterocycles. The molecule has 1 amide bonds. The average Bonchev–Trinajstić information content (AvgIpc) is 2.94. The lowest BCUT2D eigenvalue weighted by Gasteiger charge is -2.31. The molecule has 3 rings (SSSR count). The van der Waals surface area contributed by atoms with Crippen LogP contribution in [0.3, 0.4) is 0 Å². The molecule has 3 aromatic rings. The first-order valence-corrected chi connectivity index (χ1v) is 13.1. The van der Waals surface area contributed by atoms with Crippen LogP contribution >= 0.6 is 0 Å². The summed E-state index contributed by atoms with van der Waals surface area (Å²) < 4.78 is 17.3. The number of carbonyl (C=O) groups is 1. The fraction of sp³-hybridized carbons (Fsp3) is 0.387. The molecular formula is C31H40N2O4. The summed E-state index contributed by atoms with van der Waals surface area (Å²) >= 11 is 0. The van der Waals surface area contributed by atoms with E-state index in [0.717, 1.165) is 12.0 Å². The molecule has 6 heteroatoms. The number of hydrogen-bond donors (Lipinski definition) is 1. The Morgan fingerprint density at radius 3 is 1.84 bits per heavy atom. The lowest BCUT2D eigenvalue weighted by atomic mass is 9.88. The van der Waals surface area contributed by atoms with Gasteiger partial charge in [-0.05, 0) is 37.0 Å². The van der Waals surface area contributed by atoms with E-state index >= 15 is 0 Å². The van der Waals surface area contributed by atoms with E-state index in [1.165, 1.54) is 11.1 Å². The van der Waals surface area contributed by atoms with E-state index in [4.69, 9.17) is 19.9 Å². The summed E-state index contributed by atoms with van der Waals surface area (Å²) in [7, 11) is 0. The maximum absolute atomic E-state index is 13.5. The highest BCUT2D eigenvalue weighted by Crippen LogP contribution is 2.28. The van der Waals surface area contributed by atoms with Crippen molar-refractivity contribution in [2.75, 3.05) is 32.9 Å². The van der Waals surface area contributed by atoms with Gasteiger partial charge in [-0.15, -0.1) is 0 Å². The highest BCUT2D eigenvalue weighted by molar-refractivity contribution is 5.81. The first-order valence-electron chi connectivity index (χ1n) is 13.1. The maximum Gasteiger partial charge on any atom is 0.242 e. The van der Waals surface area contributed by atoms with Crippen LogP contribution in [0.15, 0.2) is 91.0 Å². The van der Waals surface area contributed by atoms with Crippen molar-refractivity contribution in [1.29, 1.82) is 0 Å². The monoisotopic (exact) mass is 504 g/mol. The molecule has 2 N–H and O–H groups in total. The van der Waals surface area contributed by atoms with Gasteiger partial charge in [0, 0.05) is 25.7 Å². The van der Waals surface area contributed by atoms with Gasteiger partial charge in [-0.3, -0.25) is 4.79 Å². The molecule has 0 unspecified atom stereocenters. The Kier molecular flexibility index (Phi) is 12.3. The summed E-state index contributed by atoms with van der Waals surface area (Å²) in [6.45, 7) is 6.19. The zero-order valence-electron chi connectivity index (χ0n) is 22.0. The van der Waals surface area contributed by atoms with E-state index in [-0.39, 0.29) is 18.4 Å². The van der Waals surface area contributed by atoms with Gasteiger partial charge in [0.2, 0.25) is 5.91 Å². The van der Waals surface area contributed by atoms with Crippen molar-refractivity contribution >= 4 is 5.91 Å². The lowest BCUT2D eigenvalue weighted by molar-refractivity contribution is -0.160. The number of rotatable bonds is 16.